The van der Waals surface area contributed by atoms with Gasteiger partial charge in [0.1, 0.15) is 18.2 Å². The molecular formula is C19H11ClN8. The number of nitriles is 1. The van der Waals surface area contributed by atoms with Gasteiger partial charge in [0.05, 0.1) is 17.3 Å². The predicted molar refractivity (Wildman–Crippen MR) is 101 cm³/mol. The average molecular weight is 387 g/mol. The van der Waals surface area contributed by atoms with E-state index >= 15 is 0 Å². The second-order valence-electron chi connectivity index (χ2n) is 6.18. The third kappa shape index (κ3) is 2.49. The molecule has 0 saturated carbocycles. The molecule has 28 heavy (non-hydrogen) atoms. The lowest BCUT2D eigenvalue weighted by Gasteiger charge is -2.33. The Morgan fingerprint density at radius 1 is 1.11 bits per heavy atom. The molecule has 0 saturated heterocycles. The first-order chi connectivity index (χ1) is 13.8. The number of nitrogens with zero attached hydrogens (tertiary/aromatic N) is 8. The molecule has 0 spiro atoms. The zero-order valence-corrected chi connectivity index (χ0v) is 15.1. The van der Waals surface area contributed by atoms with E-state index in [-0.39, 0.29) is 6.04 Å². The van der Waals surface area contributed by atoms with Gasteiger partial charge in [-0.2, -0.15) is 9.94 Å². The highest BCUT2D eigenvalue weighted by molar-refractivity contribution is 6.30. The summed E-state index contributed by atoms with van der Waals surface area (Å²) in [6.45, 7) is 0. The van der Waals surface area contributed by atoms with Crippen LogP contribution in [0.1, 0.15) is 22.7 Å². The Labute approximate surface area is 164 Å². The zero-order chi connectivity index (χ0) is 19.1. The first kappa shape index (κ1) is 16.4. The summed E-state index contributed by atoms with van der Waals surface area (Å²) in [5, 5.41) is 22.0. The lowest BCUT2D eigenvalue weighted by molar-refractivity contribution is 0.557. The van der Waals surface area contributed by atoms with Crippen LogP contribution in [0.25, 0.3) is 0 Å². The number of anilines is 3. The van der Waals surface area contributed by atoms with Crippen molar-refractivity contribution in [3.8, 4) is 6.07 Å². The summed E-state index contributed by atoms with van der Waals surface area (Å²) in [6.07, 6.45) is 3.25. The Balaban J connectivity index is 1.73. The van der Waals surface area contributed by atoms with Crippen molar-refractivity contribution in [2.75, 3.05) is 4.90 Å². The Morgan fingerprint density at radius 2 is 1.96 bits per heavy atom. The Kier molecular flexibility index (Phi) is 3.74. The van der Waals surface area contributed by atoms with Crippen LogP contribution in [0, 0.1) is 11.3 Å². The molecule has 134 valence electrons. The fraction of sp³-hybridized carbons (Fsp3) is 0.0526. The van der Waals surface area contributed by atoms with Crippen LogP contribution in [0.15, 0.2) is 61.1 Å². The number of hydrogen-bond donors (Lipinski definition) is 0. The maximum Gasteiger partial charge on any atom is 0.256 e. The third-order valence-electron chi connectivity index (χ3n) is 4.57. The van der Waals surface area contributed by atoms with Crippen LogP contribution in [0.4, 0.5) is 17.5 Å². The summed E-state index contributed by atoms with van der Waals surface area (Å²) < 4.78 is 1.72. The van der Waals surface area contributed by atoms with Gasteiger partial charge in [0.25, 0.3) is 5.95 Å². The van der Waals surface area contributed by atoms with Gasteiger partial charge in [-0.15, -0.1) is 0 Å². The fourth-order valence-corrected chi connectivity index (χ4v) is 3.54. The van der Waals surface area contributed by atoms with Gasteiger partial charge in [-0.05, 0) is 46.3 Å². The summed E-state index contributed by atoms with van der Waals surface area (Å²) in [4.78, 5) is 10.6. The smallest absolute Gasteiger partial charge is 0.256 e. The van der Waals surface area contributed by atoms with Crippen molar-refractivity contribution in [1.29, 1.82) is 5.26 Å². The topological polar surface area (TPSA) is 96.4 Å². The van der Waals surface area contributed by atoms with Crippen molar-refractivity contribution in [1.82, 2.24) is 30.2 Å². The van der Waals surface area contributed by atoms with Gasteiger partial charge in [0, 0.05) is 16.8 Å². The van der Waals surface area contributed by atoms with Crippen LogP contribution in [0.3, 0.4) is 0 Å². The Morgan fingerprint density at radius 3 is 2.75 bits per heavy atom. The van der Waals surface area contributed by atoms with Crippen LogP contribution in [-0.2, 0) is 0 Å². The van der Waals surface area contributed by atoms with Crippen molar-refractivity contribution in [3.05, 3.63) is 82.8 Å². The molecule has 0 radical (unpaired) electrons. The van der Waals surface area contributed by atoms with E-state index in [4.69, 9.17) is 16.9 Å². The van der Waals surface area contributed by atoms with E-state index in [1.54, 1.807) is 29.1 Å². The molecule has 3 heterocycles. The first-order valence-corrected chi connectivity index (χ1v) is 8.77. The lowest BCUT2D eigenvalue weighted by Crippen LogP contribution is -2.29. The van der Waals surface area contributed by atoms with Gasteiger partial charge >= 0.3 is 0 Å². The minimum atomic E-state index is -0.315. The highest BCUT2D eigenvalue weighted by atomic mass is 35.5. The second-order valence-corrected chi connectivity index (χ2v) is 6.61. The number of hydrogen-bond acceptors (Lipinski definition) is 7. The number of aromatic nitrogens is 6. The van der Waals surface area contributed by atoms with E-state index in [0.717, 1.165) is 16.8 Å². The number of halogens is 1. The normalized spacial score (nSPS) is 14.9. The maximum absolute atomic E-state index is 9.08. The van der Waals surface area contributed by atoms with Gasteiger partial charge in [0.2, 0.25) is 0 Å². The van der Waals surface area contributed by atoms with Crippen LogP contribution in [0.5, 0.6) is 0 Å². The number of fused-ring (bicyclic) bond motifs is 2. The molecular weight excluding hydrogens is 376 g/mol. The predicted octanol–water partition coefficient (Wildman–Crippen LogP) is 3.41. The third-order valence-corrected chi connectivity index (χ3v) is 4.80. The molecule has 0 aliphatic carbocycles. The van der Waals surface area contributed by atoms with Crippen molar-refractivity contribution in [2.45, 2.75) is 6.04 Å². The second kappa shape index (κ2) is 6.40. The fourth-order valence-electron chi connectivity index (χ4n) is 3.36. The van der Waals surface area contributed by atoms with Crippen LogP contribution in [-0.4, -0.2) is 30.2 Å². The highest BCUT2D eigenvalue weighted by Gasteiger charge is 2.36. The molecule has 1 aliphatic heterocycles. The van der Waals surface area contributed by atoms with Crippen LogP contribution >= 0.6 is 11.6 Å². The summed E-state index contributed by atoms with van der Waals surface area (Å²) >= 11 is 6.20. The minimum absolute atomic E-state index is 0.315. The zero-order valence-electron chi connectivity index (χ0n) is 14.3. The van der Waals surface area contributed by atoms with Crippen LogP contribution in [0.2, 0.25) is 5.02 Å². The van der Waals surface area contributed by atoms with Gasteiger partial charge < -0.3 is 0 Å². The van der Waals surface area contributed by atoms with E-state index in [2.05, 4.69) is 31.6 Å². The van der Waals surface area contributed by atoms with Gasteiger partial charge in [-0.1, -0.05) is 34.9 Å². The summed E-state index contributed by atoms with van der Waals surface area (Å²) in [5.74, 6) is 1.19. The molecule has 0 amide bonds. The Bertz CT molecular complexity index is 1210. The molecule has 0 N–H and O–H groups in total. The molecule has 9 heteroatoms. The van der Waals surface area contributed by atoms with E-state index in [9.17, 15) is 0 Å². The molecule has 1 aliphatic rings. The van der Waals surface area contributed by atoms with Gasteiger partial charge in [0.15, 0.2) is 0 Å². The van der Waals surface area contributed by atoms with Crippen molar-refractivity contribution < 1.29 is 0 Å². The quantitative estimate of drug-likeness (QED) is 0.458. The molecule has 2 aromatic carbocycles. The highest BCUT2D eigenvalue weighted by Crippen LogP contribution is 2.44. The molecule has 0 fully saturated rings. The monoisotopic (exact) mass is 386 g/mol. The Hall–Kier alpha value is -3.83. The van der Waals surface area contributed by atoms with E-state index in [1.807, 2.05) is 35.2 Å². The van der Waals surface area contributed by atoms with Crippen molar-refractivity contribution in [2.24, 2.45) is 0 Å². The molecule has 0 bridgehead atoms. The summed E-state index contributed by atoms with van der Waals surface area (Å²) in [7, 11) is 0. The maximum atomic E-state index is 9.08. The standard InChI is InChI=1S/C19H11ClN8/c20-14-2-1-3-15(8-14)27-18-16(10-22-11-23-18)17(28-19(27)24-25-26-28)13-6-4-12(9-21)5-7-13/h1-8,10-11,17H. The van der Waals surface area contributed by atoms with Crippen molar-refractivity contribution in [3.63, 3.8) is 0 Å². The average Bonchev–Trinajstić information content (AvgIpc) is 3.21. The minimum Gasteiger partial charge on any atom is -0.261 e. The number of tetrazole rings is 1. The van der Waals surface area contributed by atoms with Crippen molar-refractivity contribution >= 4 is 29.1 Å². The molecule has 2 aromatic heterocycles. The lowest BCUT2D eigenvalue weighted by atomic mass is 9.97. The SMILES string of the molecule is N#Cc1ccc(C2c3cncnc3N(c3cccc(Cl)c3)c3nnnn32)cc1. The van der Waals surface area contributed by atoms with Gasteiger partial charge in [-0.25, -0.2) is 9.97 Å². The van der Waals surface area contributed by atoms with Crippen LogP contribution < -0.4 is 4.90 Å². The van der Waals surface area contributed by atoms with Gasteiger partial charge in [-0.3, -0.25) is 4.90 Å². The molecule has 1 unspecified atom stereocenters. The summed E-state index contributed by atoms with van der Waals surface area (Å²) in [5.41, 5.74) is 3.14. The molecule has 5 rings (SSSR count). The van der Waals surface area contributed by atoms with E-state index in [1.165, 1.54) is 6.33 Å². The number of benzene rings is 2. The van der Waals surface area contributed by atoms with E-state index in [0.29, 0.717) is 22.4 Å². The molecule has 4 aromatic rings. The number of rotatable bonds is 2. The summed E-state index contributed by atoms with van der Waals surface area (Å²) in [6, 6.07) is 16.5. The molecule has 1 atom stereocenters. The largest absolute Gasteiger partial charge is 0.261 e. The first-order valence-electron chi connectivity index (χ1n) is 8.40. The molecule has 8 nitrogen and oxygen atoms in total. The van der Waals surface area contributed by atoms with E-state index < -0.39 is 0 Å².